The van der Waals surface area contributed by atoms with Gasteiger partial charge in [0, 0.05) is 12.2 Å². The highest BCUT2D eigenvalue weighted by molar-refractivity contribution is 6.32. The molecule has 3 rings (SSSR count). The van der Waals surface area contributed by atoms with Crippen molar-refractivity contribution in [1.29, 1.82) is 5.26 Å². The summed E-state index contributed by atoms with van der Waals surface area (Å²) in [6.07, 6.45) is 0.638. The molecular formula is C19H18ClN3O3. The zero-order valence-corrected chi connectivity index (χ0v) is 14.8. The average molecular weight is 372 g/mol. The second-order valence-corrected chi connectivity index (χ2v) is 6.15. The smallest absolute Gasteiger partial charge is 0.239 e. The molecule has 0 unspecified atom stereocenters. The Balaban J connectivity index is 1.45. The highest BCUT2D eigenvalue weighted by atomic mass is 35.5. The summed E-state index contributed by atoms with van der Waals surface area (Å²) in [4.78, 5) is 11.9. The molecule has 7 heteroatoms. The molecule has 134 valence electrons. The second kappa shape index (κ2) is 8.45. The molecule has 0 saturated heterocycles. The van der Waals surface area contributed by atoms with Gasteiger partial charge in [-0.15, -0.1) is 0 Å². The largest absolute Gasteiger partial charge is 0.486 e. The summed E-state index contributed by atoms with van der Waals surface area (Å²) in [5.41, 5.74) is 2.34. The van der Waals surface area contributed by atoms with Gasteiger partial charge in [0.05, 0.1) is 23.2 Å². The number of benzene rings is 2. The monoisotopic (exact) mass is 371 g/mol. The molecule has 6 nitrogen and oxygen atoms in total. The van der Waals surface area contributed by atoms with Gasteiger partial charge in [0.2, 0.25) is 5.91 Å². The van der Waals surface area contributed by atoms with Crippen molar-refractivity contribution in [3.8, 4) is 17.6 Å². The van der Waals surface area contributed by atoms with E-state index in [1.165, 1.54) is 0 Å². The van der Waals surface area contributed by atoms with Crippen LogP contribution in [0.1, 0.15) is 11.1 Å². The average Bonchev–Trinajstić information content (AvgIpc) is 2.67. The number of carbonyl (C=O) groups excluding carboxylic acids is 1. The van der Waals surface area contributed by atoms with Gasteiger partial charge >= 0.3 is 0 Å². The van der Waals surface area contributed by atoms with Crippen LogP contribution in [0.15, 0.2) is 36.4 Å². The van der Waals surface area contributed by atoms with Crippen molar-refractivity contribution in [1.82, 2.24) is 5.32 Å². The number of hydrogen-bond donors (Lipinski definition) is 2. The molecule has 1 amide bonds. The van der Waals surface area contributed by atoms with Crippen LogP contribution in [0.5, 0.6) is 11.5 Å². The van der Waals surface area contributed by atoms with E-state index in [2.05, 4.69) is 16.7 Å². The second-order valence-electron chi connectivity index (χ2n) is 5.74. The van der Waals surface area contributed by atoms with Crippen LogP contribution in [0.4, 0.5) is 5.69 Å². The molecule has 1 heterocycles. The molecule has 0 fully saturated rings. The summed E-state index contributed by atoms with van der Waals surface area (Å²) in [5.74, 6) is 1.11. The Morgan fingerprint density at radius 3 is 2.73 bits per heavy atom. The first-order valence-electron chi connectivity index (χ1n) is 8.24. The third kappa shape index (κ3) is 4.58. The standard InChI is InChI=1S/C19H18ClN3O3/c20-16-9-14(10-17-19(16)26-8-7-25-17)5-6-22-18(24)12-23-15-3-1-13(11-21)2-4-15/h1-4,9-10,23H,5-8,12H2,(H,22,24). The summed E-state index contributed by atoms with van der Waals surface area (Å²) < 4.78 is 11.0. The lowest BCUT2D eigenvalue weighted by Gasteiger charge is -2.20. The van der Waals surface area contributed by atoms with Crippen molar-refractivity contribution < 1.29 is 14.3 Å². The van der Waals surface area contributed by atoms with Gasteiger partial charge in [0.1, 0.15) is 13.2 Å². The van der Waals surface area contributed by atoms with Crippen molar-refractivity contribution in [3.63, 3.8) is 0 Å². The van der Waals surface area contributed by atoms with E-state index in [4.69, 9.17) is 26.3 Å². The first-order valence-corrected chi connectivity index (χ1v) is 8.62. The maximum Gasteiger partial charge on any atom is 0.239 e. The van der Waals surface area contributed by atoms with Crippen molar-refractivity contribution in [2.24, 2.45) is 0 Å². The van der Waals surface area contributed by atoms with Crippen molar-refractivity contribution in [3.05, 3.63) is 52.5 Å². The lowest BCUT2D eigenvalue weighted by molar-refractivity contribution is -0.119. The van der Waals surface area contributed by atoms with Gasteiger partial charge in [0.25, 0.3) is 0 Å². The summed E-state index contributed by atoms with van der Waals surface area (Å²) in [6.45, 7) is 1.65. The van der Waals surface area contributed by atoms with E-state index in [-0.39, 0.29) is 12.5 Å². The highest BCUT2D eigenvalue weighted by Crippen LogP contribution is 2.38. The molecule has 2 aromatic carbocycles. The summed E-state index contributed by atoms with van der Waals surface area (Å²) >= 11 is 6.21. The number of hydrogen-bond acceptors (Lipinski definition) is 5. The number of amides is 1. The van der Waals surface area contributed by atoms with Crippen molar-refractivity contribution in [2.45, 2.75) is 6.42 Å². The number of ether oxygens (including phenoxy) is 2. The maximum absolute atomic E-state index is 11.9. The number of fused-ring (bicyclic) bond motifs is 1. The molecule has 1 aliphatic rings. The fourth-order valence-electron chi connectivity index (χ4n) is 2.56. The van der Waals surface area contributed by atoms with Crippen LogP contribution in [-0.2, 0) is 11.2 Å². The summed E-state index contributed by atoms with van der Waals surface area (Å²) in [7, 11) is 0. The molecule has 26 heavy (non-hydrogen) atoms. The molecule has 0 bridgehead atoms. The predicted molar refractivity (Wildman–Crippen MR) is 98.8 cm³/mol. The third-order valence-electron chi connectivity index (χ3n) is 3.86. The Morgan fingerprint density at radius 1 is 1.19 bits per heavy atom. The third-order valence-corrected chi connectivity index (χ3v) is 4.14. The van der Waals surface area contributed by atoms with Crippen LogP contribution in [0, 0.1) is 11.3 Å². The Labute approximate surface area is 156 Å². The van der Waals surface area contributed by atoms with Crippen molar-refractivity contribution >= 4 is 23.2 Å². The molecule has 2 N–H and O–H groups in total. The highest BCUT2D eigenvalue weighted by Gasteiger charge is 2.16. The number of anilines is 1. The Kier molecular flexibility index (Phi) is 5.82. The maximum atomic E-state index is 11.9. The van der Waals surface area contributed by atoms with E-state index in [1.54, 1.807) is 24.3 Å². The van der Waals surface area contributed by atoms with Gasteiger partial charge in [-0.2, -0.15) is 5.26 Å². The minimum absolute atomic E-state index is 0.113. The van der Waals surface area contributed by atoms with E-state index >= 15 is 0 Å². The van der Waals surface area contributed by atoms with E-state index in [1.807, 2.05) is 12.1 Å². The molecule has 0 aliphatic carbocycles. The zero-order chi connectivity index (χ0) is 18.4. The lowest BCUT2D eigenvalue weighted by atomic mass is 10.1. The predicted octanol–water partition coefficient (Wildman–Crippen LogP) is 2.75. The molecule has 1 aliphatic heterocycles. The molecule has 0 atom stereocenters. The lowest BCUT2D eigenvalue weighted by Crippen LogP contribution is -2.31. The van der Waals surface area contributed by atoms with E-state index in [0.29, 0.717) is 48.3 Å². The first kappa shape index (κ1) is 17.9. The number of nitrogens with zero attached hydrogens (tertiary/aromatic N) is 1. The summed E-state index contributed by atoms with van der Waals surface area (Å²) in [5, 5.41) is 15.2. The van der Waals surface area contributed by atoms with E-state index in [0.717, 1.165) is 11.3 Å². The SMILES string of the molecule is N#Cc1ccc(NCC(=O)NCCc2cc(Cl)c3c(c2)OCCO3)cc1. The molecule has 2 aromatic rings. The Hall–Kier alpha value is -2.91. The van der Waals surface area contributed by atoms with Gasteiger partial charge in [-0.3, -0.25) is 4.79 Å². The van der Waals surface area contributed by atoms with Gasteiger partial charge in [-0.05, 0) is 48.4 Å². The molecule has 0 aromatic heterocycles. The number of carbonyl (C=O) groups is 1. The van der Waals surface area contributed by atoms with Crippen LogP contribution in [0.2, 0.25) is 5.02 Å². The van der Waals surface area contributed by atoms with Gasteiger partial charge in [-0.1, -0.05) is 11.6 Å². The van der Waals surface area contributed by atoms with Gasteiger partial charge < -0.3 is 20.1 Å². The molecule has 0 radical (unpaired) electrons. The van der Waals surface area contributed by atoms with Crippen LogP contribution < -0.4 is 20.1 Å². The van der Waals surface area contributed by atoms with Crippen LogP contribution in [0.3, 0.4) is 0 Å². The quantitative estimate of drug-likeness (QED) is 0.815. The normalized spacial score (nSPS) is 12.2. The Morgan fingerprint density at radius 2 is 1.96 bits per heavy atom. The summed E-state index contributed by atoms with van der Waals surface area (Å²) in [6, 6.07) is 12.7. The fraction of sp³-hybridized carbons (Fsp3) is 0.263. The molecule has 0 saturated carbocycles. The van der Waals surface area contributed by atoms with E-state index in [9.17, 15) is 4.79 Å². The minimum atomic E-state index is -0.113. The van der Waals surface area contributed by atoms with E-state index < -0.39 is 0 Å². The fourth-order valence-corrected chi connectivity index (χ4v) is 2.85. The van der Waals surface area contributed by atoms with Crippen molar-refractivity contribution in [2.75, 3.05) is 31.6 Å². The minimum Gasteiger partial charge on any atom is -0.486 e. The number of nitrogens with one attached hydrogen (secondary N) is 2. The molecular weight excluding hydrogens is 354 g/mol. The van der Waals surface area contributed by atoms with Crippen LogP contribution in [0.25, 0.3) is 0 Å². The number of rotatable bonds is 6. The van der Waals surface area contributed by atoms with Gasteiger partial charge in [-0.25, -0.2) is 0 Å². The van der Waals surface area contributed by atoms with Gasteiger partial charge in [0.15, 0.2) is 11.5 Å². The number of halogens is 1. The van der Waals surface area contributed by atoms with Crippen LogP contribution in [-0.4, -0.2) is 32.2 Å². The Bertz CT molecular complexity index is 831. The topological polar surface area (TPSA) is 83.4 Å². The van der Waals surface area contributed by atoms with Crippen LogP contribution >= 0.6 is 11.6 Å². The molecule has 0 spiro atoms. The first-order chi connectivity index (χ1) is 12.7. The zero-order valence-electron chi connectivity index (χ0n) is 14.0. The number of nitriles is 1.